The van der Waals surface area contributed by atoms with Crippen LogP contribution >= 0.6 is 11.6 Å². The summed E-state index contributed by atoms with van der Waals surface area (Å²) in [6, 6.07) is 4.97. The van der Waals surface area contributed by atoms with Crippen LogP contribution in [0.3, 0.4) is 0 Å². The van der Waals surface area contributed by atoms with Gasteiger partial charge in [0.1, 0.15) is 0 Å². The van der Waals surface area contributed by atoms with E-state index in [-0.39, 0.29) is 22.4 Å². The van der Waals surface area contributed by atoms with Crippen LogP contribution in [0.5, 0.6) is 5.75 Å². The highest BCUT2D eigenvalue weighted by Gasteiger charge is 2.16. The predicted molar refractivity (Wildman–Crippen MR) is 78.4 cm³/mol. The van der Waals surface area contributed by atoms with Gasteiger partial charge < -0.3 is 10.1 Å². The molecule has 1 aromatic carbocycles. The van der Waals surface area contributed by atoms with Gasteiger partial charge >= 0.3 is 0 Å². The highest BCUT2D eigenvalue weighted by atomic mass is 35.5. The molecule has 0 spiro atoms. The molecule has 0 aliphatic rings. The second-order valence-corrected chi connectivity index (χ2v) is 6.58. The van der Waals surface area contributed by atoms with Crippen molar-refractivity contribution < 1.29 is 9.13 Å². The first-order valence-corrected chi connectivity index (χ1v) is 6.92. The van der Waals surface area contributed by atoms with E-state index in [1.165, 1.54) is 13.2 Å². The van der Waals surface area contributed by atoms with Gasteiger partial charge in [-0.05, 0) is 29.5 Å². The highest BCUT2D eigenvalue weighted by molar-refractivity contribution is 6.20. The van der Waals surface area contributed by atoms with E-state index in [2.05, 4.69) is 26.1 Å². The monoisotopic (exact) mass is 287 g/mol. The number of ether oxygens (including phenoxy) is 1. The molecule has 1 atom stereocenters. The fourth-order valence-electron chi connectivity index (χ4n) is 1.93. The summed E-state index contributed by atoms with van der Waals surface area (Å²) in [7, 11) is 1.46. The Bertz CT molecular complexity index is 404. The molecule has 0 saturated carbocycles. The van der Waals surface area contributed by atoms with Crippen molar-refractivity contribution in [1.29, 1.82) is 0 Å². The molecule has 1 N–H and O–H groups in total. The van der Waals surface area contributed by atoms with Crippen molar-refractivity contribution in [2.45, 2.75) is 39.1 Å². The summed E-state index contributed by atoms with van der Waals surface area (Å²) < 4.78 is 18.4. The minimum Gasteiger partial charge on any atom is -0.494 e. The van der Waals surface area contributed by atoms with E-state index in [4.69, 9.17) is 16.3 Å². The summed E-state index contributed by atoms with van der Waals surface area (Å²) in [5.74, 6) is -0.0642. The number of alkyl halides is 1. The van der Waals surface area contributed by atoms with E-state index in [1.807, 2.05) is 6.07 Å². The average Bonchev–Trinajstić information content (AvgIpc) is 2.26. The molecular weight excluding hydrogens is 265 g/mol. The standard InChI is InChI=1S/C15H23ClFNO/c1-15(2,3)8-12(16)10-18-9-11-5-6-14(19-4)13(17)7-11/h5-7,12,18H,8-10H2,1-4H3. The molecule has 19 heavy (non-hydrogen) atoms. The number of hydrogen-bond acceptors (Lipinski definition) is 2. The Morgan fingerprint density at radius 1 is 1.37 bits per heavy atom. The molecule has 0 amide bonds. The molecule has 0 aromatic heterocycles. The summed E-state index contributed by atoms with van der Waals surface area (Å²) in [5, 5.41) is 3.34. The molecule has 1 aromatic rings. The smallest absolute Gasteiger partial charge is 0.165 e. The molecule has 0 fully saturated rings. The minimum absolute atomic E-state index is 0.0862. The van der Waals surface area contributed by atoms with Crippen LogP contribution in [0, 0.1) is 11.2 Å². The van der Waals surface area contributed by atoms with Crippen LogP contribution in [0.25, 0.3) is 0 Å². The number of methoxy groups -OCH3 is 1. The summed E-state index contributed by atoms with van der Waals surface area (Å²) >= 11 is 6.25. The maximum Gasteiger partial charge on any atom is 0.165 e. The van der Waals surface area contributed by atoms with Gasteiger partial charge in [0.25, 0.3) is 0 Å². The van der Waals surface area contributed by atoms with Crippen LogP contribution in [-0.2, 0) is 6.54 Å². The number of hydrogen-bond donors (Lipinski definition) is 1. The van der Waals surface area contributed by atoms with Crippen molar-refractivity contribution in [3.8, 4) is 5.75 Å². The Morgan fingerprint density at radius 3 is 2.58 bits per heavy atom. The first kappa shape index (κ1) is 16.3. The predicted octanol–water partition coefficient (Wildman–Crippen LogP) is 3.97. The molecule has 1 rings (SSSR count). The van der Waals surface area contributed by atoms with E-state index in [0.29, 0.717) is 13.1 Å². The molecule has 0 heterocycles. The van der Waals surface area contributed by atoms with Crippen LogP contribution in [0.15, 0.2) is 18.2 Å². The zero-order valence-corrected chi connectivity index (χ0v) is 12.9. The molecule has 2 nitrogen and oxygen atoms in total. The molecule has 0 bridgehead atoms. The Hall–Kier alpha value is -0.800. The van der Waals surface area contributed by atoms with Crippen molar-refractivity contribution in [3.63, 3.8) is 0 Å². The van der Waals surface area contributed by atoms with Crippen molar-refractivity contribution in [1.82, 2.24) is 5.32 Å². The molecule has 0 aliphatic carbocycles. The lowest BCUT2D eigenvalue weighted by Gasteiger charge is -2.22. The number of nitrogens with one attached hydrogen (secondary N) is 1. The summed E-state index contributed by atoms with van der Waals surface area (Å²) in [6.45, 7) is 7.82. The fourth-order valence-corrected chi connectivity index (χ4v) is 2.50. The van der Waals surface area contributed by atoms with E-state index in [1.54, 1.807) is 6.07 Å². The highest BCUT2D eigenvalue weighted by Crippen LogP contribution is 2.23. The quantitative estimate of drug-likeness (QED) is 0.800. The minimum atomic E-state index is -0.334. The van der Waals surface area contributed by atoms with Crippen molar-refractivity contribution >= 4 is 11.6 Å². The number of benzene rings is 1. The van der Waals surface area contributed by atoms with Gasteiger partial charge in [0.15, 0.2) is 11.6 Å². The molecule has 0 saturated heterocycles. The summed E-state index contributed by atoms with van der Waals surface area (Å²) in [4.78, 5) is 0. The van der Waals surface area contributed by atoms with Crippen LogP contribution in [0.2, 0.25) is 0 Å². The van der Waals surface area contributed by atoms with Gasteiger partial charge in [-0.2, -0.15) is 0 Å². The first-order valence-electron chi connectivity index (χ1n) is 6.49. The van der Waals surface area contributed by atoms with Gasteiger partial charge in [0, 0.05) is 18.5 Å². The van der Waals surface area contributed by atoms with Crippen molar-refractivity contribution in [2.24, 2.45) is 5.41 Å². The Balaban J connectivity index is 2.39. The average molecular weight is 288 g/mol. The van der Waals surface area contributed by atoms with Crippen LogP contribution in [0.4, 0.5) is 4.39 Å². The van der Waals surface area contributed by atoms with Gasteiger partial charge in [-0.1, -0.05) is 26.8 Å². The third kappa shape index (κ3) is 6.26. The topological polar surface area (TPSA) is 21.3 Å². The molecule has 1 unspecified atom stereocenters. The van der Waals surface area contributed by atoms with E-state index in [9.17, 15) is 4.39 Å². The summed E-state index contributed by atoms with van der Waals surface area (Å²) in [5.41, 5.74) is 1.11. The Kier molecular flexibility index (Phi) is 6.08. The van der Waals surface area contributed by atoms with Crippen LogP contribution in [0.1, 0.15) is 32.8 Å². The van der Waals surface area contributed by atoms with E-state index >= 15 is 0 Å². The van der Waals surface area contributed by atoms with Crippen molar-refractivity contribution in [2.75, 3.05) is 13.7 Å². The lowest BCUT2D eigenvalue weighted by atomic mass is 9.90. The Morgan fingerprint density at radius 2 is 2.05 bits per heavy atom. The van der Waals surface area contributed by atoms with Gasteiger partial charge in [-0.15, -0.1) is 11.6 Å². The van der Waals surface area contributed by atoms with E-state index in [0.717, 1.165) is 12.0 Å². The zero-order chi connectivity index (χ0) is 14.5. The van der Waals surface area contributed by atoms with Crippen molar-refractivity contribution in [3.05, 3.63) is 29.6 Å². The first-order chi connectivity index (χ1) is 8.81. The maximum atomic E-state index is 13.5. The molecule has 4 heteroatoms. The largest absolute Gasteiger partial charge is 0.494 e. The molecular formula is C15H23ClFNO. The van der Waals surface area contributed by atoms with Gasteiger partial charge in [0.2, 0.25) is 0 Å². The Labute approximate surface area is 120 Å². The van der Waals surface area contributed by atoms with Crippen LogP contribution < -0.4 is 10.1 Å². The SMILES string of the molecule is COc1ccc(CNCC(Cl)CC(C)(C)C)cc1F. The van der Waals surface area contributed by atoms with Gasteiger partial charge in [0.05, 0.1) is 7.11 Å². The number of halogens is 2. The third-order valence-corrected chi connectivity index (χ3v) is 3.05. The summed E-state index contributed by atoms with van der Waals surface area (Å²) in [6.07, 6.45) is 0.943. The second kappa shape index (κ2) is 7.11. The normalized spacial score (nSPS) is 13.4. The second-order valence-electron chi connectivity index (χ2n) is 5.96. The van der Waals surface area contributed by atoms with E-state index < -0.39 is 0 Å². The molecule has 0 aliphatic heterocycles. The molecule has 108 valence electrons. The van der Waals surface area contributed by atoms with Crippen LogP contribution in [-0.4, -0.2) is 19.0 Å². The lowest BCUT2D eigenvalue weighted by Crippen LogP contribution is -2.26. The van der Waals surface area contributed by atoms with Gasteiger partial charge in [-0.3, -0.25) is 0 Å². The maximum absolute atomic E-state index is 13.5. The number of rotatable bonds is 6. The third-order valence-electron chi connectivity index (χ3n) is 2.75. The molecule has 0 radical (unpaired) electrons. The van der Waals surface area contributed by atoms with Gasteiger partial charge in [-0.25, -0.2) is 4.39 Å². The zero-order valence-electron chi connectivity index (χ0n) is 12.1. The lowest BCUT2D eigenvalue weighted by molar-refractivity contribution is 0.364. The fraction of sp³-hybridized carbons (Fsp3) is 0.600.